The van der Waals surface area contributed by atoms with E-state index in [2.05, 4.69) is 4.74 Å². The molecule has 1 aromatic carbocycles. The number of benzene rings is 1. The molecule has 1 aromatic rings. The summed E-state index contributed by atoms with van der Waals surface area (Å²) in [5.41, 5.74) is 6.47. The van der Waals surface area contributed by atoms with Gasteiger partial charge in [0.2, 0.25) is 5.91 Å². The summed E-state index contributed by atoms with van der Waals surface area (Å²) < 4.78 is 40.8. The molecule has 7 nitrogen and oxygen atoms in total. The lowest BCUT2D eigenvalue weighted by molar-refractivity contribution is -0.274. The standard InChI is InChI=1S/C19H24F3N3O4S/c20-19(21,22)29-15-7-5-14(6-8-15)25(18(27)28)13-3-1-12(2-4-13)16(23)17(26)24-9-10-30-11-24/h5-8,12-13,16H,1-4,9-11,23H2,(H,27,28)/t12?,13?,16-/m0/s1. The fourth-order valence-corrected chi connectivity index (χ4v) is 4.96. The number of carbonyl (C=O) groups excluding carboxylic acids is 1. The van der Waals surface area contributed by atoms with Crippen LogP contribution in [0.15, 0.2) is 24.3 Å². The van der Waals surface area contributed by atoms with Crippen molar-refractivity contribution in [2.45, 2.75) is 44.1 Å². The summed E-state index contributed by atoms with van der Waals surface area (Å²) in [6.07, 6.45) is -3.73. The maximum atomic E-state index is 12.5. The third-order valence-electron chi connectivity index (χ3n) is 5.52. The molecule has 1 aliphatic carbocycles. The van der Waals surface area contributed by atoms with Gasteiger partial charge in [-0.05, 0) is 55.9 Å². The Labute approximate surface area is 176 Å². The Morgan fingerprint density at radius 3 is 2.33 bits per heavy atom. The van der Waals surface area contributed by atoms with Crippen molar-refractivity contribution < 1.29 is 32.6 Å². The van der Waals surface area contributed by atoms with Gasteiger partial charge in [-0.2, -0.15) is 0 Å². The number of carbonyl (C=O) groups is 2. The molecule has 30 heavy (non-hydrogen) atoms. The van der Waals surface area contributed by atoms with Crippen LogP contribution in [0.2, 0.25) is 0 Å². The first kappa shape index (κ1) is 22.5. The Kier molecular flexibility index (Phi) is 7.02. The van der Waals surface area contributed by atoms with Crippen molar-refractivity contribution in [1.29, 1.82) is 0 Å². The average molecular weight is 447 g/mol. The highest BCUT2D eigenvalue weighted by Crippen LogP contribution is 2.34. The van der Waals surface area contributed by atoms with E-state index >= 15 is 0 Å². The molecule has 0 bridgehead atoms. The van der Waals surface area contributed by atoms with Gasteiger partial charge in [0.05, 0.1) is 11.9 Å². The van der Waals surface area contributed by atoms with Gasteiger partial charge in [0.25, 0.3) is 0 Å². The van der Waals surface area contributed by atoms with Gasteiger partial charge in [0.1, 0.15) is 5.75 Å². The molecule has 3 N–H and O–H groups in total. The Balaban J connectivity index is 1.61. The molecule has 2 aliphatic rings. The first-order chi connectivity index (χ1) is 14.2. The number of amides is 2. The molecule has 0 aromatic heterocycles. The first-order valence-electron chi connectivity index (χ1n) is 9.66. The van der Waals surface area contributed by atoms with E-state index in [1.165, 1.54) is 12.1 Å². The molecule has 1 aliphatic heterocycles. The lowest BCUT2D eigenvalue weighted by Crippen LogP contribution is -2.49. The summed E-state index contributed by atoms with van der Waals surface area (Å²) in [6, 6.07) is 3.84. The number of nitrogens with two attached hydrogens (primary N) is 1. The van der Waals surface area contributed by atoms with E-state index in [-0.39, 0.29) is 23.6 Å². The van der Waals surface area contributed by atoms with Crippen LogP contribution in [-0.2, 0) is 4.79 Å². The molecule has 1 heterocycles. The number of thioether (sulfide) groups is 1. The second-order valence-corrected chi connectivity index (χ2v) is 8.50. The fraction of sp³-hybridized carbons (Fsp3) is 0.579. The van der Waals surface area contributed by atoms with Crippen LogP contribution < -0.4 is 15.4 Å². The second kappa shape index (κ2) is 9.34. The Morgan fingerprint density at radius 1 is 1.20 bits per heavy atom. The zero-order valence-corrected chi connectivity index (χ0v) is 17.0. The van der Waals surface area contributed by atoms with Gasteiger partial charge in [-0.3, -0.25) is 9.69 Å². The summed E-state index contributed by atoms with van der Waals surface area (Å²) in [6.45, 7) is 0.702. The monoisotopic (exact) mass is 447 g/mol. The fourth-order valence-electron chi connectivity index (χ4n) is 4.01. The highest BCUT2D eigenvalue weighted by Gasteiger charge is 2.36. The summed E-state index contributed by atoms with van der Waals surface area (Å²) in [7, 11) is 0. The van der Waals surface area contributed by atoms with Gasteiger partial charge in [-0.25, -0.2) is 4.79 Å². The summed E-state index contributed by atoms with van der Waals surface area (Å²) >= 11 is 1.69. The molecular formula is C19H24F3N3O4S. The Bertz CT molecular complexity index is 748. The quantitative estimate of drug-likeness (QED) is 0.718. The maximum absolute atomic E-state index is 12.5. The number of ether oxygens (including phenoxy) is 1. The number of alkyl halides is 3. The third kappa shape index (κ3) is 5.51. The molecule has 2 amide bonds. The molecule has 11 heteroatoms. The van der Waals surface area contributed by atoms with Crippen LogP contribution in [0, 0.1) is 5.92 Å². The van der Waals surface area contributed by atoms with Crippen LogP contribution in [-0.4, -0.2) is 58.6 Å². The van der Waals surface area contributed by atoms with E-state index in [0.717, 1.165) is 22.8 Å². The van der Waals surface area contributed by atoms with E-state index < -0.39 is 24.2 Å². The summed E-state index contributed by atoms with van der Waals surface area (Å²) in [5, 5.41) is 9.67. The van der Waals surface area contributed by atoms with Crippen LogP contribution in [0.1, 0.15) is 25.7 Å². The van der Waals surface area contributed by atoms with Crippen LogP contribution in [0.5, 0.6) is 5.75 Å². The molecule has 2 fully saturated rings. The molecule has 0 radical (unpaired) electrons. The van der Waals surface area contributed by atoms with Gasteiger partial charge >= 0.3 is 12.5 Å². The highest BCUT2D eigenvalue weighted by atomic mass is 32.2. The van der Waals surface area contributed by atoms with Gasteiger partial charge in [-0.15, -0.1) is 24.9 Å². The lowest BCUT2D eigenvalue weighted by atomic mass is 9.80. The molecule has 0 unspecified atom stereocenters. The minimum absolute atomic E-state index is 0.0162. The number of halogens is 3. The molecule has 0 spiro atoms. The van der Waals surface area contributed by atoms with Gasteiger partial charge in [0, 0.05) is 24.0 Å². The Morgan fingerprint density at radius 2 is 1.83 bits per heavy atom. The van der Waals surface area contributed by atoms with Crippen molar-refractivity contribution in [1.82, 2.24) is 4.90 Å². The largest absolute Gasteiger partial charge is 0.573 e. The van der Waals surface area contributed by atoms with Crippen molar-refractivity contribution >= 4 is 29.4 Å². The number of hydrogen-bond acceptors (Lipinski definition) is 5. The van der Waals surface area contributed by atoms with E-state index in [9.17, 15) is 27.9 Å². The number of hydrogen-bond donors (Lipinski definition) is 2. The summed E-state index contributed by atoms with van der Waals surface area (Å²) in [4.78, 5) is 27.3. The lowest BCUT2D eigenvalue weighted by Gasteiger charge is -2.37. The normalized spacial score (nSPS) is 23.1. The van der Waals surface area contributed by atoms with Gasteiger partial charge < -0.3 is 20.5 Å². The minimum atomic E-state index is -4.81. The first-order valence-corrected chi connectivity index (χ1v) is 10.8. The number of carboxylic acid groups (broad SMARTS) is 1. The van der Waals surface area contributed by atoms with E-state index in [1.54, 1.807) is 16.7 Å². The van der Waals surface area contributed by atoms with Crippen molar-refractivity contribution in [2.24, 2.45) is 11.7 Å². The SMILES string of the molecule is N[C@H](C(=O)N1CCSC1)C1CCC(N(C(=O)O)c2ccc(OC(F)(F)F)cc2)CC1. The molecular weight excluding hydrogens is 423 g/mol. The molecule has 1 saturated carbocycles. The zero-order valence-electron chi connectivity index (χ0n) is 16.2. The third-order valence-corrected chi connectivity index (χ3v) is 6.48. The number of anilines is 1. The van der Waals surface area contributed by atoms with Crippen molar-refractivity contribution in [2.75, 3.05) is 23.1 Å². The zero-order chi connectivity index (χ0) is 21.9. The molecule has 3 rings (SSSR count). The van der Waals surface area contributed by atoms with Gasteiger partial charge in [0.15, 0.2) is 0 Å². The van der Waals surface area contributed by atoms with E-state index in [1.807, 2.05) is 0 Å². The minimum Gasteiger partial charge on any atom is -0.465 e. The molecule has 166 valence electrons. The second-order valence-electron chi connectivity index (χ2n) is 7.43. The van der Waals surface area contributed by atoms with Crippen LogP contribution in [0.4, 0.5) is 23.7 Å². The maximum Gasteiger partial charge on any atom is 0.573 e. The van der Waals surface area contributed by atoms with Crippen LogP contribution >= 0.6 is 11.8 Å². The predicted molar refractivity (Wildman–Crippen MR) is 106 cm³/mol. The Hall–Kier alpha value is -2.14. The average Bonchev–Trinajstić information content (AvgIpc) is 3.22. The van der Waals surface area contributed by atoms with Crippen molar-refractivity contribution in [3.05, 3.63) is 24.3 Å². The smallest absolute Gasteiger partial charge is 0.465 e. The van der Waals surface area contributed by atoms with E-state index in [0.29, 0.717) is 38.1 Å². The molecule has 1 atom stereocenters. The molecule has 1 saturated heterocycles. The number of rotatable bonds is 5. The van der Waals surface area contributed by atoms with Gasteiger partial charge in [-0.1, -0.05) is 0 Å². The predicted octanol–water partition coefficient (Wildman–Crippen LogP) is 3.49. The highest BCUT2D eigenvalue weighted by molar-refractivity contribution is 7.99. The number of nitrogens with zero attached hydrogens (tertiary/aromatic N) is 2. The van der Waals surface area contributed by atoms with Crippen LogP contribution in [0.3, 0.4) is 0 Å². The van der Waals surface area contributed by atoms with Crippen molar-refractivity contribution in [3.8, 4) is 5.75 Å². The van der Waals surface area contributed by atoms with Crippen molar-refractivity contribution in [3.63, 3.8) is 0 Å². The summed E-state index contributed by atoms with van der Waals surface area (Å²) in [5.74, 6) is 1.08. The van der Waals surface area contributed by atoms with E-state index in [4.69, 9.17) is 5.73 Å². The van der Waals surface area contributed by atoms with Crippen LogP contribution in [0.25, 0.3) is 0 Å². The topological polar surface area (TPSA) is 96.1 Å².